The van der Waals surface area contributed by atoms with E-state index in [1.165, 1.54) is 0 Å². The van der Waals surface area contributed by atoms with Crippen LogP contribution in [-0.2, 0) is 11.2 Å². The Labute approximate surface area is 108 Å². The van der Waals surface area contributed by atoms with Crippen LogP contribution < -0.4 is 9.47 Å². The molecule has 4 nitrogen and oxygen atoms in total. The first kappa shape index (κ1) is 12.2. The van der Waals surface area contributed by atoms with E-state index in [4.69, 9.17) is 14.6 Å². The molecule has 1 N–H and O–H groups in total. The molecule has 0 spiro atoms. The lowest BCUT2D eigenvalue weighted by Crippen LogP contribution is -2.26. The maximum absolute atomic E-state index is 11.1. The van der Waals surface area contributed by atoms with E-state index >= 15 is 0 Å². The first-order valence-corrected chi connectivity index (χ1v) is 6.01. The van der Waals surface area contributed by atoms with Gasteiger partial charge >= 0.3 is 5.97 Å². The van der Waals surface area contributed by atoms with Gasteiger partial charge in [0.25, 0.3) is 0 Å². The zero-order valence-electron chi connectivity index (χ0n) is 9.62. The minimum Gasteiger partial charge on any atom is -0.481 e. The summed E-state index contributed by atoms with van der Waals surface area (Å²) in [5.74, 6) is 0.477. The van der Waals surface area contributed by atoms with E-state index in [-0.39, 0.29) is 6.79 Å². The van der Waals surface area contributed by atoms with Gasteiger partial charge in [-0.05, 0) is 47.8 Å². The Bertz CT molecular complexity index is 468. The van der Waals surface area contributed by atoms with Crippen molar-refractivity contribution < 1.29 is 19.4 Å². The minimum atomic E-state index is -0.826. The Morgan fingerprint density at radius 2 is 2.06 bits per heavy atom. The average Bonchev–Trinajstić information content (AvgIpc) is 2.71. The maximum atomic E-state index is 11.1. The van der Waals surface area contributed by atoms with Gasteiger partial charge in [-0.2, -0.15) is 0 Å². The largest absolute Gasteiger partial charge is 0.481 e. The number of hydrogen-bond donors (Lipinski definition) is 1. The van der Waals surface area contributed by atoms with Gasteiger partial charge in [-0.25, -0.2) is 0 Å². The van der Waals surface area contributed by atoms with Crippen LogP contribution in [0.2, 0.25) is 0 Å². The Kier molecular flexibility index (Phi) is 3.03. The van der Waals surface area contributed by atoms with Gasteiger partial charge in [-0.3, -0.25) is 4.79 Å². The number of rotatable bonds is 3. The number of hydrogen-bond acceptors (Lipinski definition) is 3. The number of carbonyl (C=O) groups is 1. The third-order valence-electron chi connectivity index (χ3n) is 2.76. The van der Waals surface area contributed by atoms with Gasteiger partial charge < -0.3 is 14.6 Å². The van der Waals surface area contributed by atoms with Crippen molar-refractivity contribution >= 4 is 21.9 Å². The predicted octanol–water partition coefficient (Wildman–Crippen LogP) is 2.83. The zero-order chi connectivity index (χ0) is 12.6. The summed E-state index contributed by atoms with van der Waals surface area (Å²) in [4.78, 5) is 11.1. The van der Waals surface area contributed by atoms with Crippen LogP contribution in [-0.4, -0.2) is 17.9 Å². The van der Waals surface area contributed by atoms with E-state index in [0.29, 0.717) is 17.9 Å². The van der Waals surface area contributed by atoms with Crippen molar-refractivity contribution in [2.45, 2.75) is 20.3 Å². The highest BCUT2D eigenvalue weighted by Crippen LogP contribution is 2.43. The average molecular weight is 301 g/mol. The molecule has 0 atom stereocenters. The van der Waals surface area contributed by atoms with Crippen molar-refractivity contribution in [2.24, 2.45) is 5.41 Å². The lowest BCUT2D eigenvalue weighted by Gasteiger charge is -2.19. The van der Waals surface area contributed by atoms with E-state index in [2.05, 4.69) is 15.9 Å². The molecular weight excluding hydrogens is 288 g/mol. The summed E-state index contributed by atoms with van der Waals surface area (Å²) in [5, 5.41) is 9.12. The van der Waals surface area contributed by atoms with Crippen LogP contribution in [0.25, 0.3) is 0 Å². The molecule has 1 aromatic rings. The Balaban J connectivity index is 2.35. The minimum absolute atomic E-state index is 0.179. The number of ether oxygens (including phenoxy) is 2. The molecule has 0 amide bonds. The number of fused-ring (bicyclic) bond motifs is 1. The lowest BCUT2D eigenvalue weighted by atomic mass is 9.85. The number of carboxylic acids is 1. The van der Waals surface area contributed by atoms with Crippen LogP contribution in [0, 0.1) is 5.41 Å². The molecule has 5 heteroatoms. The van der Waals surface area contributed by atoms with Crippen molar-refractivity contribution in [3.05, 3.63) is 22.2 Å². The van der Waals surface area contributed by atoms with Crippen LogP contribution in [0.4, 0.5) is 0 Å². The second kappa shape index (κ2) is 4.22. The SMILES string of the molecule is CC(C)(Cc1ccc(Br)c2c1OCO2)C(=O)O. The van der Waals surface area contributed by atoms with Crippen LogP contribution in [0.5, 0.6) is 11.5 Å². The fraction of sp³-hybridized carbons (Fsp3) is 0.417. The van der Waals surface area contributed by atoms with Crippen LogP contribution in [0.1, 0.15) is 19.4 Å². The van der Waals surface area contributed by atoms with Crippen molar-refractivity contribution in [3.63, 3.8) is 0 Å². The van der Waals surface area contributed by atoms with Gasteiger partial charge in [0.1, 0.15) is 0 Å². The number of halogens is 1. The molecule has 17 heavy (non-hydrogen) atoms. The molecule has 1 aliphatic heterocycles. The van der Waals surface area contributed by atoms with Crippen molar-refractivity contribution in [1.82, 2.24) is 0 Å². The van der Waals surface area contributed by atoms with E-state index in [1.54, 1.807) is 13.8 Å². The molecule has 92 valence electrons. The molecule has 0 aromatic heterocycles. The van der Waals surface area contributed by atoms with Gasteiger partial charge in [0.15, 0.2) is 11.5 Å². The van der Waals surface area contributed by atoms with E-state index in [0.717, 1.165) is 10.0 Å². The number of benzene rings is 1. The fourth-order valence-corrected chi connectivity index (χ4v) is 2.14. The summed E-state index contributed by atoms with van der Waals surface area (Å²) in [6.45, 7) is 3.57. The zero-order valence-corrected chi connectivity index (χ0v) is 11.2. The van der Waals surface area contributed by atoms with Gasteiger partial charge in [-0.1, -0.05) is 6.07 Å². The molecule has 0 bridgehead atoms. The van der Waals surface area contributed by atoms with Crippen molar-refractivity contribution in [1.29, 1.82) is 0 Å². The molecule has 0 fully saturated rings. The summed E-state index contributed by atoms with van der Waals surface area (Å²) in [6, 6.07) is 3.71. The number of carboxylic acid groups (broad SMARTS) is 1. The fourth-order valence-electron chi connectivity index (χ4n) is 1.71. The quantitative estimate of drug-likeness (QED) is 0.932. The third kappa shape index (κ3) is 2.24. The molecule has 1 heterocycles. The second-order valence-corrected chi connectivity index (χ2v) is 5.49. The molecule has 1 aromatic carbocycles. The Morgan fingerprint density at radius 1 is 1.41 bits per heavy atom. The highest BCUT2D eigenvalue weighted by atomic mass is 79.9. The predicted molar refractivity (Wildman–Crippen MR) is 65.4 cm³/mol. The standard InChI is InChI=1S/C12H13BrO4/c1-12(2,11(14)15)5-7-3-4-8(13)10-9(7)16-6-17-10/h3-4H,5-6H2,1-2H3,(H,14,15). The second-order valence-electron chi connectivity index (χ2n) is 4.64. The first-order chi connectivity index (χ1) is 7.92. The molecule has 0 aliphatic carbocycles. The molecular formula is C12H13BrO4. The summed E-state index contributed by atoms with van der Waals surface area (Å²) >= 11 is 3.37. The molecule has 2 rings (SSSR count). The Morgan fingerprint density at radius 3 is 2.71 bits per heavy atom. The summed E-state index contributed by atoms with van der Waals surface area (Å²) in [7, 11) is 0. The monoisotopic (exact) mass is 300 g/mol. The van der Waals surface area contributed by atoms with Crippen molar-refractivity contribution in [2.75, 3.05) is 6.79 Å². The molecule has 0 unspecified atom stereocenters. The molecule has 0 radical (unpaired) electrons. The Hall–Kier alpha value is -1.23. The highest BCUT2D eigenvalue weighted by molar-refractivity contribution is 9.10. The van der Waals surface area contributed by atoms with Crippen LogP contribution in [0.3, 0.4) is 0 Å². The van der Waals surface area contributed by atoms with Gasteiger partial charge in [0.2, 0.25) is 6.79 Å². The van der Waals surface area contributed by atoms with E-state index in [1.807, 2.05) is 12.1 Å². The highest BCUT2D eigenvalue weighted by Gasteiger charge is 2.31. The summed E-state index contributed by atoms with van der Waals surface area (Å²) < 4.78 is 11.5. The summed E-state index contributed by atoms with van der Waals surface area (Å²) in [6.07, 6.45) is 0.404. The van der Waals surface area contributed by atoms with Crippen LogP contribution >= 0.6 is 15.9 Å². The molecule has 0 saturated carbocycles. The van der Waals surface area contributed by atoms with Gasteiger partial charge in [0.05, 0.1) is 9.89 Å². The number of aliphatic carboxylic acids is 1. The van der Waals surface area contributed by atoms with Crippen LogP contribution in [0.15, 0.2) is 16.6 Å². The smallest absolute Gasteiger partial charge is 0.309 e. The molecule has 1 aliphatic rings. The van der Waals surface area contributed by atoms with Crippen molar-refractivity contribution in [3.8, 4) is 11.5 Å². The van der Waals surface area contributed by atoms with E-state index in [9.17, 15) is 4.79 Å². The van der Waals surface area contributed by atoms with Gasteiger partial charge in [0, 0.05) is 0 Å². The maximum Gasteiger partial charge on any atom is 0.309 e. The summed E-state index contributed by atoms with van der Waals surface area (Å²) in [5.41, 5.74) is 0.0289. The normalized spacial score (nSPS) is 13.8. The topological polar surface area (TPSA) is 55.8 Å². The van der Waals surface area contributed by atoms with Gasteiger partial charge in [-0.15, -0.1) is 0 Å². The lowest BCUT2D eigenvalue weighted by molar-refractivity contribution is -0.146. The first-order valence-electron chi connectivity index (χ1n) is 5.22. The molecule has 0 saturated heterocycles. The third-order valence-corrected chi connectivity index (χ3v) is 3.39. The van der Waals surface area contributed by atoms with E-state index < -0.39 is 11.4 Å².